The monoisotopic (exact) mass is 449 g/mol. The molecule has 0 spiro atoms. The first-order valence-corrected chi connectivity index (χ1v) is 7.16. The summed E-state index contributed by atoms with van der Waals surface area (Å²) >= 11 is 0. The Morgan fingerprint density at radius 2 is 1.44 bits per heavy atom. The second kappa shape index (κ2) is 11.0. The van der Waals surface area contributed by atoms with Gasteiger partial charge >= 0.3 is 11.9 Å². The average molecular weight is 450 g/mol. The zero-order valence-corrected chi connectivity index (χ0v) is 14.4. The van der Waals surface area contributed by atoms with Gasteiger partial charge in [-0.3, -0.25) is 19.2 Å². The molecule has 1 saturated heterocycles. The molecule has 1 fully saturated rings. The van der Waals surface area contributed by atoms with Crippen molar-refractivity contribution >= 4 is 23.9 Å². The van der Waals surface area contributed by atoms with Crippen molar-refractivity contribution in [3.8, 4) is 0 Å². The van der Waals surface area contributed by atoms with Crippen LogP contribution in [0.1, 0.15) is 12.8 Å². The van der Waals surface area contributed by atoms with E-state index >= 15 is 0 Å². The van der Waals surface area contributed by atoms with E-state index in [1.165, 1.54) is 6.08 Å². The molecule has 0 aromatic rings. The zero-order chi connectivity index (χ0) is 18.3. The predicted octanol–water partition coefficient (Wildman–Crippen LogP) is 0.389. The fourth-order valence-electron chi connectivity index (χ4n) is 2.39. The van der Waals surface area contributed by atoms with Gasteiger partial charge in [-0.15, -0.1) is 19.2 Å². The Kier molecular flexibility index (Phi) is 10.2. The first-order chi connectivity index (χ1) is 11.3. The number of nitrogens with zero attached hydrogens (tertiary/aromatic N) is 2. The van der Waals surface area contributed by atoms with E-state index in [-0.39, 0.29) is 28.9 Å². The van der Waals surface area contributed by atoms with Crippen LogP contribution in [0.15, 0.2) is 12.2 Å². The topological polar surface area (TPSA) is 177 Å². The van der Waals surface area contributed by atoms with Crippen molar-refractivity contribution in [3.05, 3.63) is 22.8 Å². The third kappa shape index (κ3) is 6.96. The van der Waals surface area contributed by atoms with Crippen LogP contribution < -0.4 is 0 Å². The molecule has 0 saturated carbocycles. The Hall–Kier alpha value is -1.72. The van der Waals surface area contributed by atoms with E-state index in [0.717, 1.165) is 0 Å². The predicted molar refractivity (Wildman–Crippen MR) is 79.9 cm³/mol. The largest absolute Gasteiger partial charge is 0.650 e. The molecule has 11 heteroatoms. The summed E-state index contributed by atoms with van der Waals surface area (Å²) in [5, 5.41) is 41.8. The van der Waals surface area contributed by atoms with E-state index in [4.69, 9.17) is 20.4 Å². The Bertz CT molecular complexity index is 517. The molecule has 2 aliphatic rings. The Labute approximate surface area is 158 Å². The molecule has 0 bridgehead atoms. The number of piperidine rings is 1. The Morgan fingerprint density at radius 3 is 1.84 bits per heavy atom. The van der Waals surface area contributed by atoms with Crippen molar-refractivity contribution in [2.45, 2.75) is 24.9 Å². The molecule has 4 N–H and O–H groups in total. The minimum Gasteiger partial charge on any atom is -0.650 e. The number of hydrogen-bond donors (Lipinski definition) is 4. The zero-order valence-electron chi connectivity index (χ0n) is 12.9. The number of carbonyl (C=O) groups is 4. The molecule has 145 valence electrons. The fraction of sp³-hybridized carbons (Fsp3) is 0.571. The van der Waals surface area contributed by atoms with Gasteiger partial charge in [0.1, 0.15) is 0 Å². The minimum absolute atomic E-state index is 0. The molecule has 4 unspecified atom stereocenters. The van der Waals surface area contributed by atoms with E-state index in [9.17, 15) is 19.2 Å². The first kappa shape index (κ1) is 23.3. The van der Waals surface area contributed by atoms with Crippen molar-refractivity contribution in [2.24, 2.45) is 11.8 Å². The number of aliphatic carboxylic acids is 4. The summed E-state index contributed by atoms with van der Waals surface area (Å²) in [6.07, 6.45) is 4.00. The SMILES string of the molecule is O=C(O)C1C=CC[N-]C1C(=O)O.O=C(O)C1CCC[N-]C1C(=O)O.[Ag]. The van der Waals surface area contributed by atoms with Crippen LogP contribution in [0.4, 0.5) is 0 Å². The van der Waals surface area contributed by atoms with Crippen LogP contribution in [-0.2, 0) is 41.6 Å². The molecule has 25 heavy (non-hydrogen) atoms. The quantitative estimate of drug-likeness (QED) is 0.351. The molecule has 0 aromatic heterocycles. The maximum Gasteiger partial charge on any atom is 0.309 e. The van der Waals surface area contributed by atoms with Crippen LogP contribution in [0, 0.1) is 11.8 Å². The Balaban J connectivity index is 0.000000443. The number of hydrogen-bond acceptors (Lipinski definition) is 4. The molecule has 10 nitrogen and oxygen atoms in total. The van der Waals surface area contributed by atoms with E-state index in [1.807, 2.05) is 0 Å². The van der Waals surface area contributed by atoms with E-state index < -0.39 is 47.8 Å². The van der Waals surface area contributed by atoms with Crippen LogP contribution in [0.25, 0.3) is 10.6 Å². The van der Waals surface area contributed by atoms with Gasteiger partial charge in [-0.2, -0.15) is 0 Å². The molecule has 4 atom stereocenters. The van der Waals surface area contributed by atoms with E-state index in [1.54, 1.807) is 6.08 Å². The van der Waals surface area contributed by atoms with Gasteiger partial charge in [0.2, 0.25) is 0 Å². The number of carboxylic acid groups (broad SMARTS) is 4. The molecule has 2 aliphatic heterocycles. The van der Waals surface area contributed by atoms with E-state index in [0.29, 0.717) is 19.4 Å². The summed E-state index contributed by atoms with van der Waals surface area (Å²) in [7, 11) is 0. The van der Waals surface area contributed by atoms with Crippen molar-refractivity contribution in [3.63, 3.8) is 0 Å². The van der Waals surface area contributed by atoms with Gasteiger partial charge in [-0.05, 0) is 18.5 Å². The molecular weight excluding hydrogens is 432 g/mol. The molecule has 0 amide bonds. The standard InChI is InChI=1S/C7H10NO4.C7H8NO4.Ag/c2*9-6(10)4-2-1-3-8-5(4)7(11)12;/h4-5H,1-3H2,(H,9,10)(H,11,12);1-2,4-5H,3H2,(H,9,10)(H,11,12);/q2*-1;. The third-order valence-corrected chi connectivity index (χ3v) is 3.58. The summed E-state index contributed by atoms with van der Waals surface area (Å²) in [4.78, 5) is 42.0. The summed E-state index contributed by atoms with van der Waals surface area (Å²) in [5.74, 6) is -6.39. The van der Waals surface area contributed by atoms with Crippen molar-refractivity contribution in [2.75, 3.05) is 13.1 Å². The first-order valence-electron chi connectivity index (χ1n) is 7.16. The second-order valence-corrected chi connectivity index (χ2v) is 5.22. The summed E-state index contributed by atoms with van der Waals surface area (Å²) < 4.78 is 0. The molecule has 0 aromatic carbocycles. The normalized spacial score (nSPS) is 27.8. The van der Waals surface area contributed by atoms with Crippen molar-refractivity contribution in [1.29, 1.82) is 0 Å². The van der Waals surface area contributed by atoms with Gasteiger partial charge in [-0.1, -0.05) is 12.5 Å². The molecular formula is C14H18AgN2O8-2. The summed E-state index contributed by atoms with van der Waals surface area (Å²) in [6, 6.07) is -2.18. The summed E-state index contributed by atoms with van der Waals surface area (Å²) in [5.41, 5.74) is 0. The van der Waals surface area contributed by atoms with Crippen LogP contribution in [0.3, 0.4) is 0 Å². The average Bonchev–Trinajstić information content (AvgIpc) is 2.55. The van der Waals surface area contributed by atoms with Gasteiger partial charge in [0.25, 0.3) is 11.9 Å². The summed E-state index contributed by atoms with van der Waals surface area (Å²) in [6.45, 7) is 0.738. The van der Waals surface area contributed by atoms with Crippen molar-refractivity contribution < 1.29 is 62.0 Å². The molecule has 1 radical (unpaired) electrons. The van der Waals surface area contributed by atoms with Gasteiger partial charge in [0.15, 0.2) is 0 Å². The second-order valence-electron chi connectivity index (χ2n) is 5.22. The maximum atomic E-state index is 10.5. The van der Waals surface area contributed by atoms with Crippen molar-refractivity contribution in [1.82, 2.24) is 0 Å². The minimum atomic E-state index is -1.19. The van der Waals surface area contributed by atoms with Gasteiger partial charge < -0.3 is 31.1 Å². The van der Waals surface area contributed by atoms with Gasteiger partial charge in [0, 0.05) is 22.4 Å². The van der Waals surface area contributed by atoms with Gasteiger partial charge in [-0.25, -0.2) is 0 Å². The number of carboxylic acids is 4. The van der Waals surface area contributed by atoms with Crippen LogP contribution in [0.5, 0.6) is 0 Å². The Morgan fingerprint density at radius 1 is 0.840 bits per heavy atom. The van der Waals surface area contributed by atoms with Gasteiger partial charge in [0.05, 0.1) is 11.8 Å². The molecule has 2 heterocycles. The van der Waals surface area contributed by atoms with Crippen LogP contribution in [0.2, 0.25) is 0 Å². The third-order valence-electron chi connectivity index (χ3n) is 3.58. The smallest absolute Gasteiger partial charge is 0.309 e. The van der Waals surface area contributed by atoms with Crippen LogP contribution in [-0.4, -0.2) is 69.5 Å². The molecule has 0 aliphatic carbocycles. The van der Waals surface area contributed by atoms with Crippen LogP contribution >= 0.6 is 0 Å². The molecule has 2 rings (SSSR count). The fourth-order valence-corrected chi connectivity index (χ4v) is 2.39. The maximum absolute atomic E-state index is 10.5. The number of rotatable bonds is 4. The van der Waals surface area contributed by atoms with E-state index in [2.05, 4.69) is 10.6 Å².